The van der Waals surface area contributed by atoms with Crippen LogP contribution in [0.2, 0.25) is 10.0 Å². The molecule has 1 aliphatic carbocycles. The molecule has 1 fully saturated rings. The molecule has 0 bridgehead atoms. The van der Waals surface area contributed by atoms with Gasteiger partial charge in [-0.3, -0.25) is 9.36 Å². The summed E-state index contributed by atoms with van der Waals surface area (Å²) >= 11 is 12.2. The molecule has 0 unspecified atom stereocenters. The number of rotatable bonds is 5. The molecule has 0 atom stereocenters. The van der Waals surface area contributed by atoms with Gasteiger partial charge >= 0.3 is 0 Å². The summed E-state index contributed by atoms with van der Waals surface area (Å²) in [6.45, 7) is 0. The number of methoxy groups -OCH3 is 1. The highest BCUT2D eigenvalue weighted by Crippen LogP contribution is 2.40. The molecule has 0 saturated heterocycles. The first-order valence-corrected chi connectivity index (χ1v) is 11.3. The van der Waals surface area contributed by atoms with Crippen molar-refractivity contribution in [2.24, 2.45) is 0 Å². The van der Waals surface area contributed by atoms with Crippen LogP contribution in [0.5, 0.6) is 5.88 Å². The molecule has 0 aliphatic heterocycles. The SMILES string of the molecule is COc1c(C#N)c(-c2ccc(Cl)cc2)c(C(=O)NC2CCCCC2)n1-c1ccc(Cl)cc1. The molecule has 3 aromatic rings. The average molecular weight is 468 g/mol. The van der Waals surface area contributed by atoms with E-state index in [1.165, 1.54) is 13.5 Å². The zero-order chi connectivity index (χ0) is 22.7. The molecule has 4 rings (SSSR count). The Bertz CT molecular complexity index is 1160. The summed E-state index contributed by atoms with van der Waals surface area (Å²) in [5.74, 6) is 0.0603. The van der Waals surface area contributed by atoms with E-state index in [0.29, 0.717) is 44.0 Å². The predicted octanol–water partition coefficient (Wildman–Crippen LogP) is 6.39. The maximum absolute atomic E-state index is 13.7. The summed E-state index contributed by atoms with van der Waals surface area (Å²) in [4.78, 5) is 13.7. The minimum absolute atomic E-state index is 0.111. The molecule has 1 saturated carbocycles. The summed E-state index contributed by atoms with van der Waals surface area (Å²) < 4.78 is 7.35. The van der Waals surface area contributed by atoms with E-state index in [1.807, 2.05) is 12.1 Å². The van der Waals surface area contributed by atoms with Gasteiger partial charge in [0.2, 0.25) is 5.88 Å². The van der Waals surface area contributed by atoms with Crippen LogP contribution in [-0.4, -0.2) is 23.6 Å². The van der Waals surface area contributed by atoms with Crippen LogP contribution in [0.3, 0.4) is 0 Å². The van der Waals surface area contributed by atoms with Gasteiger partial charge in [0.15, 0.2) is 0 Å². The van der Waals surface area contributed by atoms with Crippen LogP contribution in [0.15, 0.2) is 48.5 Å². The zero-order valence-corrected chi connectivity index (χ0v) is 19.2. The lowest BCUT2D eigenvalue weighted by Crippen LogP contribution is -2.37. The van der Waals surface area contributed by atoms with Crippen LogP contribution in [0.4, 0.5) is 0 Å². The van der Waals surface area contributed by atoms with Gasteiger partial charge in [-0.1, -0.05) is 54.6 Å². The Labute approximate surface area is 197 Å². The van der Waals surface area contributed by atoms with E-state index in [9.17, 15) is 10.1 Å². The highest BCUT2D eigenvalue weighted by atomic mass is 35.5. The normalized spacial score (nSPS) is 14.1. The van der Waals surface area contributed by atoms with E-state index in [2.05, 4.69) is 11.4 Å². The van der Waals surface area contributed by atoms with Gasteiger partial charge in [-0.15, -0.1) is 0 Å². The molecule has 1 amide bonds. The number of nitrogens with one attached hydrogen (secondary N) is 1. The molecule has 1 N–H and O–H groups in total. The average Bonchev–Trinajstić information content (AvgIpc) is 3.15. The number of amides is 1. The van der Waals surface area contributed by atoms with E-state index in [-0.39, 0.29) is 11.9 Å². The number of carbonyl (C=O) groups excluding carboxylic acids is 1. The van der Waals surface area contributed by atoms with Crippen LogP contribution < -0.4 is 10.1 Å². The van der Waals surface area contributed by atoms with Gasteiger partial charge in [0, 0.05) is 27.3 Å². The Kier molecular flexibility index (Phi) is 6.74. The van der Waals surface area contributed by atoms with Crippen molar-refractivity contribution in [3.05, 3.63) is 69.8 Å². The summed E-state index contributed by atoms with van der Waals surface area (Å²) in [7, 11) is 1.50. The Balaban J connectivity index is 1.95. The van der Waals surface area contributed by atoms with Gasteiger partial charge < -0.3 is 10.1 Å². The van der Waals surface area contributed by atoms with E-state index in [0.717, 1.165) is 25.7 Å². The van der Waals surface area contributed by atoms with Gasteiger partial charge in [-0.25, -0.2) is 0 Å². The van der Waals surface area contributed by atoms with Crippen LogP contribution in [0.1, 0.15) is 48.2 Å². The molecule has 1 aromatic heterocycles. The molecule has 1 aliphatic rings. The maximum atomic E-state index is 13.7. The van der Waals surface area contributed by atoms with Gasteiger partial charge in [0.1, 0.15) is 17.3 Å². The van der Waals surface area contributed by atoms with Gasteiger partial charge in [-0.05, 0) is 54.8 Å². The lowest BCUT2D eigenvalue weighted by atomic mass is 9.95. The number of ether oxygens (including phenoxy) is 1. The maximum Gasteiger partial charge on any atom is 0.269 e. The van der Waals surface area contributed by atoms with E-state index in [4.69, 9.17) is 27.9 Å². The number of halogens is 2. The van der Waals surface area contributed by atoms with Crippen LogP contribution in [0, 0.1) is 11.3 Å². The third-order valence-electron chi connectivity index (χ3n) is 5.81. The Morgan fingerprint density at radius 2 is 1.62 bits per heavy atom. The molecule has 2 aromatic carbocycles. The number of aromatic nitrogens is 1. The summed E-state index contributed by atoms with van der Waals surface area (Å²) in [5.41, 5.74) is 2.55. The lowest BCUT2D eigenvalue weighted by molar-refractivity contribution is 0.0920. The quantitative estimate of drug-likeness (QED) is 0.472. The summed E-state index contributed by atoms with van der Waals surface area (Å²) in [6, 6.07) is 16.5. The fraction of sp³-hybridized carbons (Fsp3) is 0.280. The van der Waals surface area contributed by atoms with Crippen LogP contribution in [0.25, 0.3) is 16.8 Å². The number of nitrogens with zero attached hydrogens (tertiary/aromatic N) is 2. The molecule has 1 heterocycles. The van der Waals surface area contributed by atoms with Crippen molar-refractivity contribution >= 4 is 29.1 Å². The highest BCUT2D eigenvalue weighted by molar-refractivity contribution is 6.31. The molecule has 32 heavy (non-hydrogen) atoms. The number of hydrogen-bond donors (Lipinski definition) is 1. The second-order valence-corrected chi connectivity index (χ2v) is 8.72. The Morgan fingerprint density at radius 1 is 1.03 bits per heavy atom. The number of hydrogen-bond acceptors (Lipinski definition) is 3. The van der Waals surface area contributed by atoms with Crippen LogP contribution >= 0.6 is 23.2 Å². The van der Waals surface area contributed by atoms with Gasteiger partial charge in [0.25, 0.3) is 5.91 Å². The highest BCUT2D eigenvalue weighted by Gasteiger charge is 2.31. The smallest absolute Gasteiger partial charge is 0.269 e. The van der Waals surface area contributed by atoms with Crippen molar-refractivity contribution in [2.75, 3.05) is 7.11 Å². The minimum atomic E-state index is -0.239. The molecule has 164 valence electrons. The first-order chi connectivity index (χ1) is 15.5. The zero-order valence-electron chi connectivity index (χ0n) is 17.7. The second-order valence-electron chi connectivity index (χ2n) is 7.85. The number of nitriles is 1. The number of carbonyl (C=O) groups is 1. The van der Waals surface area contributed by atoms with Gasteiger partial charge in [-0.2, -0.15) is 5.26 Å². The molecule has 5 nitrogen and oxygen atoms in total. The van der Waals surface area contributed by atoms with Crippen molar-refractivity contribution in [1.29, 1.82) is 5.26 Å². The van der Waals surface area contributed by atoms with E-state index in [1.54, 1.807) is 41.0 Å². The van der Waals surface area contributed by atoms with E-state index < -0.39 is 0 Å². The third-order valence-corrected chi connectivity index (χ3v) is 6.31. The lowest BCUT2D eigenvalue weighted by Gasteiger charge is -2.23. The number of benzene rings is 2. The third kappa shape index (κ3) is 4.34. The predicted molar refractivity (Wildman–Crippen MR) is 127 cm³/mol. The first-order valence-electron chi connectivity index (χ1n) is 10.6. The molecular formula is C25H23Cl2N3O2. The van der Waals surface area contributed by atoms with Crippen LogP contribution in [-0.2, 0) is 0 Å². The Hall–Kier alpha value is -2.94. The second kappa shape index (κ2) is 9.68. The minimum Gasteiger partial charge on any atom is -0.481 e. The van der Waals surface area contributed by atoms with Crippen molar-refractivity contribution in [3.63, 3.8) is 0 Å². The summed E-state index contributed by atoms with van der Waals surface area (Å²) in [5, 5.41) is 14.4. The van der Waals surface area contributed by atoms with Crippen molar-refractivity contribution in [3.8, 4) is 28.8 Å². The van der Waals surface area contributed by atoms with Crippen molar-refractivity contribution in [1.82, 2.24) is 9.88 Å². The van der Waals surface area contributed by atoms with E-state index >= 15 is 0 Å². The topological polar surface area (TPSA) is 67.0 Å². The van der Waals surface area contributed by atoms with Crippen molar-refractivity contribution < 1.29 is 9.53 Å². The van der Waals surface area contributed by atoms with Gasteiger partial charge in [0.05, 0.1) is 7.11 Å². The molecule has 7 heteroatoms. The largest absolute Gasteiger partial charge is 0.481 e. The Morgan fingerprint density at radius 3 is 2.19 bits per heavy atom. The molecule has 0 spiro atoms. The van der Waals surface area contributed by atoms with Crippen molar-refractivity contribution in [2.45, 2.75) is 38.1 Å². The fourth-order valence-electron chi connectivity index (χ4n) is 4.30. The molecule has 0 radical (unpaired) electrons. The monoisotopic (exact) mass is 467 g/mol. The first kappa shape index (κ1) is 22.3. The fourth-order valence-corrected chi connectivity index (χ4v) is 4.55. The summed E-state index contributed by atoms with van der Waals surface area (Å²) in [6.07, 6.45) is 5.29. The standard InChI is InChI=1S/C25H23Cl2N3O2/c1-32-25-21(15-28)22(16-7-9-17(26)10-8-16)23(24(31)29-19-5-3-2-4-6-19)30(25)20-13-11-18(27)12-14-20/h7-14,19H,2-6H2,1H3,(H,29,31). The molecular weight excluding hydrogens is 445 g/mol.